The van der Waals surface area contributed by atoms with Gasteiger partial charge in [0, 0.05) is 5.69 Å². The van der Waals surface area contributed by atoms with Crippen LogP contribution in [0.4, 0.5) is 5.69 Å². The number of rotatable bonds is 9. The maximum atomic E-state index is 12.5. The summed E-state index contributed by atoms with van der Waals surface area (Å²) in [6.07, 6.45) is 1.47. The highest BCUT2D eigenvalue weighted by atomic mass is 32.2. The van der Waals surface area contributed by atoms with E-state index in [2.05, 4.69) is 23.9 Å². The second kappa shape index (κ2) is 9.60. The van der Waals surface area contributed by atoms with Crippen LogP contribution in [0.25, 0.3) is 0 Å². The summed E-state index contributed by atoms with van der Waals surface area (Å²) in [5.74, 6) is 1.12. The summed E-state index contributed by atoms with van der Waals surface area (Å²) >= 11 is 0. The van der Waals surface area contributed by atoms with E-state index in [0.717, 1.165) is 0 Å². The number of furan rings is 1. The zero-order chi connectivity index (χ0) is 21.6. The number of amides is 1. The van der Waals surface area contributed by atoms with Crippen LogP contribution in [0.2, 0.25) is 0 Å². The lowest BCUT2D eigenvalue weighted by atomic mass is 10.0. The fraction of sp³-hybridized carbons (Fsp3) is 0.227. The number of ether oxygens (including phenoxy) is 1. The summed E-state index contributed by atoms with van der Waals surface area (Å²) in [4.78, 5) is 12.2. The number of nitrogens with one attached hydrogen (secondary N) is 2. The van der Waals surface area contributed by atoms with E-state index in [0.29, 0.717) is 23.1 Å². The normalized spacial score (nSPS) is 11.4. The van der Waals surface area contributed by atoms with Crippen molar-refractivity contribution >= 4 is 21.6 Å². The zero-order valence-corrected chi connectivity index (χ0v) is 17.6. The van der Waals surface area contributed by atoms with E-state index in [1.807, 2.05) is 24.3 Å². The Labute approximate surface area is 176 Å². The standard InChI is InChI=1S/C22H24N2O5S/c1-16(2)17-8-10-19(11-9-17)29-15-22(25)24-18-5-3-7-21(13-18)30(26,27)23-14-20-6-4-12-28-20/h3-13,16,23H,14-15H2,1-2H3,(H,24,25). The fourth-order valence-corrected chi connectivity index (χ4v) is 3.74. The second-order valence-electron chi connectivity index (χ2n) is 6.99. The zero-order valence-electron chi connectivity index (χ0n) is 16.8. The van der Waals surface area contributed by atoms with E-state index in [-0.39, 0.29) is 24.0 Å². The predicted molar refractivity (Wildman–Crippen MR) is 114 cm³/mol. The lowest BCUT2D eigenvalue weighted by Crippen LogP contribution is -2.24. The molecule has 0 spiro atoms. The van der Waals surface area contributed by atoms with Crippen molar-refractivity contribution in [3.05, 3.63) is 78.3 Å². The van der Waals surface area contributed by atoms with Gasteiger partial charge < -0.3 is 14.5 Å². The van der Waals surface area contributed by atoms with Crippen molar-refractivity contribution in [3.8, 4) is 5.75 Å². The van der Waals surface area contributed by atoms with Gasteiger partial charge in [0.15, 0.2) is 6.61 Å². The molecule has 0 aliphatic carbocycles. The van der Waals surface area contributed by atoms with Gasteiger partial charge in [0.05, 0.1) is 17.7 Å². The van der Waals surface area contributed by atoms with Gasteiger partial charge in [-0.2, -0.15) is 0 Å². The van der Waals surface area contributed by atoms with Gasteiger partial charge in [-0.25, -0.2) is 13.1 Å². The van der Waals surface area contributed by atoms with Gasteiger partial charge in [0.25, 0.3) is 5.91 Å². The molecular weight excluding hydrogens is 404 g/mol. The SMILES string of the molecule is CC(C)c1ccc(OCC(=O)Nc2cccc(S(=O)(=O)NCc3ccco3)c2)cc1. The van der Waals surface area contributed by atoms with Crippen molar-refractivity contribution in [2.24, 2.45) is 0 Å². The molecule has 0 aliphatic heterocycles. The first kappa shape index (κ1) is 21.6. The van der Waals surface area contributed by atoms with Crippen LogP contribution in [0.15, 0.2) is 76.2 Å². The summed E-state index contributed by atoms with van der Waals surface area (Å²) < 4.78 is 38.0. The maximum Gasteiger partial charge on any atom is 0.262 e. The third-order valence-corrected chi connectivity index (χ3v) is 5.76. The van der Waals surface area contributed by atoms with Crippen LogP contribution in [0.5, 0.6) is 5.75 Å². The number of carbonyl (C=O) groups excluding carboxylic acids is 1. The molecule has 30 heavy (non-hydrogen) atoms. The third kappa shape index (κ3) is 5.95. The molecule has 0 saturated carbocycles. The number of benzene rings is 2. The number of anilines is 1. The van der Waals surface area contributed by atoms with E-state index in [1.54, 1.807) is 24.3 Å². The number of hydrogen-bond acceptors (Lipinski definition) is 5. The Morgan fingerprint density at radius 2 is 1.83 bits per heavy atom. The predicted octanol–water partition coefficient (Wildman–Crippen LogP) is 3.90. The minimum absolute atomic E-state index is 0.0371. The molecule has 2 N–H and O–H groups in total. The quantitative estimate of drug-likeness (QED) is 0.539. The largest absolute Gasteiger partial charge is 0.484 e. The van der Waals surface area contributed by atoms with E-state index in [4.69, 9.17) is 9.15 Å². The molecule has 0 saturated heterocycles. The Morgan fingerprint density at radius 1 is 1.07 bits per heavy atom. The van der Waals surface area contributed by atoms with Gasteiger partial charge in [0.2, 0.25) is 10.0 Å². The van der Waals surface area contributed by atoms with Crippen LogP contribution in [0, 0.1) is 0 Å². The molecule has 0 aliphatic rings. The lowest BCUT2D eigenvalue weighted by molar-refractivity contribution is -0.118. The van der Waals surface area contributed by atoms with Gasteiger partial charge in [-0.3, -0.25) is 4.79 Å². The Bertz CT molecular complexity index is 1070. The summed E-state index contributed by atoms with van der Waals surface area (Å²) in [5, 5.41) is 2.65. The minimum atomic E-state index is -3.75. The smallest absolute Gasteiger partial charge is 0.262 e. The average molecular weight is 429 g/mol. The molecule has 0 unspecified atom stereocenters. The van der Waals surface area contributed by atoms with Crippen LogP contribution >= 0.6 is 0 Å². The highest BCUT2D eigenvalue weighted by Crippen LogP contribution is 2.19. The molecule has 1 heterocycles. The molecule has 0 radical (unpaired) electrons. The van der Waals surface area contributed by atoms with Crippen LogP contribution in [-0.2, 0) is 21.4 Å². The summed E-state index contributed by atoms with van der Waals surface area (Å²) in [7, 11) is -3.75. The highest BCUT2D eigenvalue weighted by Gasteiger charge is 2.15. The first-order valence-corrected chi connectivity index (χ1v) is 11.0. The Morgan fingerprint density at radius 3 is 2.50 bits per heavy atom. The molecule has 1 aromatic heterocycles. The van der Waals surface area contributed by atoms with Crippen molar-refractivity contribution in [1.29, 1.82) is 0 Å². The van der Waals surface area contributed by atoms with Gasteiger partial charge in [-0.15, -0.1) is 0 Å². The molecule has 158 valence electrons. The molecule has 3 rings (SSSR count). The van der Waals surface area contributed by atoms with Crippen molar-refractivity contribution in [2.75, 3.05) is 11.9 Å². The topological polar surface area (TPSA) is 97.6 Å². The van der Waals surface area contributed by atoms with Gasteiger partial charge >= 0.3 is 0 Å². The summed E-state index contributed by atoms with van der Waals surface area (Å²) in [6.45, 7) is 4.05. The van der Waals surface area contributed by atoms with Crippen molar-refractivity contribution < 1.29 is 22.4 Å². The van der Waals surface area contributed by atoms with Crippen molar-refractivity contribution in [1.82, 2.24) is 4.72 Å². The van der Waals surface area contributed by atoms with E-state index >= 15 is 0 Å². The summed E-state index contributed by atoms with van der Waals surface area (Å²) in [5.41, 5.74) is 1.55. The number of sulfonamides is 1. The van der Waals surface area contributed by atoms with E-state index in [1.165, 1.54) is 24.0 Å². The number of hydrogen-bond donors (Lipinski definition) is 2. The lowest BCUT2D eigenvalue weighted by Gasteiger charge is -2.11. The van der Waals surface area contributed by atoms with Crippen LogP contribution in [0.3, 0.4) is 0 Å². The molecule has 0 atom stereocenters. The first-order valence-electron chi connectivity index (χ1n) is 9.48. The van der Waals surface area contributed by atoms with E-state index < -0.39 is 10.0 Å². The Balaban J connectivity index is 1.56. The fourth-order valence-electron chi connectivity index (χ4n) is 2.70. The molecule has 0 bridgehead atoms. The average Bonchev–Trinajstić information content (AvgIpc) is 3.25. The highest BCUT2D eigenvalue weighted by molar-refractivity contribution is 7.89. The van der Waals surface area contributed by atoms with Gasteiger partial charge in [0.1, 0.15) is 11.5 Å². The van der Waals surface area contributed by atoms with Crippen LogP contribution < -0.4 is 14.8 Å². The third-order valence-electron chi connectivity index (χ3n) is 4.36. The Hall–Kier alpha value is -3.10. The monoisotopic (exact) mass is 428 g/mol. The molecule has 3 aromatic rings. The molecule has 0 fully saturated rings. The van der Waals surface area contributed by atoms with Gasteiger partial charge in [-0.1, -0.05) is 32.0 Å². The Kier molecular flexibility index (Phi) is 6.91. The first-order chi connectivity index (χ1) is 14.3. The molecule has 7 nitrogen and oxygen atoms in total. The molecular formula is C22H24N2O5S. The maximum absolute atomic E-state index is 12.5. The van der Waals surface area contributed by atoms with Crippen molar-refractivity contribution in [2.45, 2.75) is 31.2 Å². The molecule has 8 heteroatoms. The van der Waals surface area contributed by atoms with Crippen molar-refractivity contribution in [3.63, 3.8) is 0 Å². The summed E-state index contributed by atoms with van der Waals surface area (Å²) in [6, 6.07) is 16.9. The second-order valence-corrected chi connectivity index (χ2v) is 8.76. The van der Waals surface area contributed by atoms with Crippen LogP contribution in [0.1, 0.15) is 31.1 Å². The molecule has 2 aromatic carbocycles. The number of carbonyl (C=O) groups is 1. The van der Waals surface area contributed by atoms with Crippen LogP contribution in [-0.4, -0.2) is 20.9 Å². The van der Waals surface area contributed by atoms with E-state index in [9.17, 15) is 13.2 Å². The minimum Gasteiger partial charge on any atom is -0.484 e. The molecule has 1 amide bonds. The van der Waals surface area contributed by atoms with Gasteiger partial charge in [-0.05, 0) is 53.9 Å².